The second-order valence-electron chi connectivity index (χ2n) is 6.88. The van der Waals surface area contributed by atoms with Crippen LogP contribution in [0.15, 0.2) is 35.1 Å². The lowest BCUT2D eigenvalue weighted by atomic mass is 10.1. The summed E-state index contributed by atoms with van der Waals surface area (Å²) in [7, 11) is 4.81. The molecule has 1 aliphatic rings. The molecule has 2 aromatic rings. The van der Waals surface area contributed by atoms with Crippen molar-refractivity contribution in [2.24, 2.45) is 7.05 Å². The lowest BCUT2D eigenvalue weighted by Crippen LogP contribution is -2.42. The number of piperidine rings is 1. The molecule has 0 spiro atoms. The summed E-state index contributed by atoms with van der Waals surface area (Å²) in [6.07, 6.45) is 1.38. The van der Waals surface area contributed by atoms with Gasteiger partial charge >= 0.3 is 0 Å². The van der Waals surface area contributed by atoms with Crippen LogP contribution >= 0.6 is 0 Å². The maximum absolute atomic E-state index is 12.9. The highest BCUT2D eigenvalue weighted by molar-refractivity contribution is 5.97. The number of para-hydroxylation sites is 1. The molecule has 7 nitrogen and oxygen atoms in total. The Morgan fingerprint density at radius 1 is 1.11 bits per heavy atom. The van der Waals surface area contributed by atoms with E-state index in [-0.39, 0.29) is 17.6 Å². The fraction of sp³-hybridized carbons (Fsp3) is 0.429. The van der Waals surface area contributed by atoms with E-state index in [1.807, 2.05) is 13.0 Å². The second kappa shape index (κ2) is 8.37. The number of ether oxygens (including phenoxy) is 3. The molecule has 1 aliphatic heterocycles. The van der Waals surface area contributed by atoms with Crippen molar-refractivity contribution >= 4 is 5.91 Å². The maximum atomic E-state index is 12.9. The van der Waals surface area contributed by atoms with E-state index < -0.39 is 0 Å². The zero-order valence-electron chi connectivity index (χ0n) is 16.7. The highest BCUT2D eigenvalue weighted by atomic mass is 16.5. The SMILES string of the molecule is COc1cccc(C(=O)N2CCC(Oc3cc(C)n(C)c(=O)c3)CC2)c1OC. The van der Waals surface area contributed by atoms with E-state index in [1.54, 1.807) is 41.8 Å². The number of rotatable bonds is 5. The molecule has 0 saturated carbocycles. The van der Waals surface area contributed by atoms with Crippen molar-refractivity contribution in [2.75, 3.05) is 27.3 Å². The smallest absolute Gasteiger partial charge is 0.257 e. The number of amides is 1. The minimum atomic E-state index is -0.0901. The first-order chi connectivity index (χ1) is 13.4. The highest BCUT2D eigenvalue weighted by Crippen LogP contribution is 2.32. The largest absolute Gasteiger partial charge is 0.493 e. The number of methoxy groups -OCH3 is 2. The normalized spacial score (nSPS) is 14.6. The first-order valence-electron chi connectivity index (χ1n) is 9.29. The van der Waals surface area contributed by atoms with Crippen molar-refractivity contribution in [3.8, 4) is 17.2 Å². The van der Waals surface area contributed by atoms with Gasteiger partial charge in [0, 0.05) is 44.7 Å². The molecule has 0 unspecified atom stereocenters. The van der Waals surface area contributed by atoms with Crippen LogP contribution in [-0.4, -0.2) is 48.8 Å². The molecule has 1 aromatic carbocycles. The summed E-state index contributed by atoms with van der Waals surface area (Å²) < 4.78 is 18.2. The standard InChI is InChI=1S/C21H26N2O5/c1-14-12-16(13-19(24)22(14)2)28-15-8-10-23(11-9-15)21(25)17-6-5-7-18(26-3)20(17)27-4/h5-7,12-13,15H,8-11H2,1-4H3. The van der Waals surface area contributed by atoms with E-state index in [4.69, 9.17) is 14.2 Å². The van der Waals surface area contributed by atoms with Crippen molar-refractivity contribution in [1.29, 1.82) is 0 Å². The number of benzene rings is 1. The zero-order valence-corrected chi connectivity index (χ0v) is 16.7. The summed E-state index contributed by atoms with van der Waals surface area (Å²) in [5.41, 5.74) is 1.25. The van der Waals surface area contributed by atoms with Crippen LogP contribution in [-0.2, 0) is 7.05 Å². The van der Waals surface area contributed by atoms with Crippen molar-refractivity contribution in [3.63, 3.8) is 0 Å². The van der Waals surface area contributed by atoms with E-state index in [2.05, 4.69) is 0 Å². The van der Waals surface area contributed by atoms with Gasteiger partial charge in [-0.3, -0.25) is 9.59 Å². The molecular weight excluding hydrogens is 360 g/mol. The molecule has 0 N–H and O–H groups in total. The molecule has 2 heterocycles. The Morgan fingerprint density at radius 2 is 1.82 bits per heavy atom. The van der Waals surface area contributed by atoms with Gasteiger partial charge in [-0.1, -0.05) is 6.07 Å². The zero-order chi connectivity index (χ0) is 20.3. The van der Waals surface area contributed by atoms with Crippen LogP contribution < -0.4 is 19.8 Å². The number of aryl methyl sites for hydroxylation is 1. The van der Waals surface area contributed by atoms with E-state index in [0.717, 1.165) is 5.69 Å². The molecule has 7 heteroatoms. The molecule has 0 atom stereocenters. The van der Waals surface area contributed by atoms with Gasteiger partial charge in [0.15, 0.2) is 11.5 Å². The summed E-state index contributed by atoms with van der Waals surface area (Å²) in [6.45, 7) is 3.03. The van der Waals surface area contributed by atoms with Gasteiger partial charge in [0.25, 0.3) is 11.5 Å². The molecule has 3 rings (SSSR count). The van der Waals surface area contributed by atoms with Crippen LogP contribution in [0.4, 0.5) is 0 Å². The van der Waals surface area contributed by atoms with Crippen molar-refractivity contribution < 1.29 is 19.0 Å². The Balaban J connectivity index is 1.66. The van der Waals surface area contributed by atoms with Crippen LogP contribution in [0.25, 0.3) is 0 Å². The first-order valence-corrected chi connectivity index (χ1v) is 9.29. The average molecular weight is 386 g/mol. The minimum absolute atomic E-state index is 0.0252. The number of pyridine rings is 1. The number of aromatic nitrogens is 1. The molecule has 0 aliphatic carbocycles. The average Bonchev–Trinajstić information content (AvgIpc) is 2.71. The van der Waals surface area contributed by atoms with Crippen LogP contribution in [0.3, 0.4) is 0 Å². The topological polar surface area (TPSA) is 70.0 Å². The molecule has 1 fully saturated rings. The molecule has 150 valence electrons. The van der Waals surface area contributed by atoms with Gasteiger partial charge in [0.2, 0.25) is 0 Å². The number of carbonyl (C=O) groups is 1. The Labute approximate surface area is 164 Å². The fourth-order valence-corrected chi connectivity index (χ4v) is 3.40. The van der Waals surface area contributed by atoms with Crippen LogP contribution in [0.1, 0.15) is 28.9 Å². The van der Waals surface area contributed by atoms with E-state index in [9.17, 15) is 9.59 Å². The summed E-state index contributed by atoms with van der Waals surface area (Å²) in [6, 6.07) is 8.66. The van der Waals surface area contributed by atoms with Crippen LogP contribution in [0.2, 0.25) is 0 Å². The number of likely N-dealkylation sites (tertiary alicyclic amines) is 1. The van der Waals surface area contributed by atoms with Gasteiger partial charge in [0.1, 0.15) is 11.9 Å². The van der Waals surface area contributed by atoms with Crippen molar-refractivity contribution in [1.82, 2.24) is 9.47 Å². The maximum Gasteiger partial charge on any atom is 0.257 e. The predicted molar refractivity (Wildman–Crippen MR) is 106 cm³/mol. The number of carbonyl (C=O) groups excluding carboxylic acids is 1. The summed E-state index contributed by atoms with van der Waals surface area (Å²) in [5.74, 6) is 1.48. The van der Waals surface area contributed by atoms with E-state index in [1.165, 1.54) is 13.2 Å². The van der Waals surface area contributed by atoms with Gasteiger partial charge in [-0.2, -0.15) is 0 Å². The van der Waals surface area contributed by atoms with Crippen molar-refractivity contribution in [3.05, 3.63) is 51.9 Å². The minimum Gasteiger partial charge on any atom is -0.493 e. The van der Waals surface area contributed by atoms with Crippen LogP contribution in [0.5, 0.6) is 17.2 Å². The van der Waals surface area contributed by atoms with Gasteiger partial charge in [-0.05, 0) is 25.1 Å². The number of hydrogen-bond donors (Lipinski definition) is 0. The third-order valence-electron chi connectivity index (χ3n) is 5.14. The molecule has 1 aromatic heterocycles. The quantitative estimate of drug-likeness (QED) is 0.789. The van der Waals surface area contributed by atoms with Crippen LogP contribution in [0, 0.1) is 6.92 Å². The summed E-state index contributed by atoms with van der Waals surface area (Å²) >= 11 is 0. The molecular formula is C21H26N2O5. The number of hydrogen-bond acceptors (Lipinski definition) is 5. The Kier molecular flexibility index (Phi) is 5.92. The molecule has 0 bridgehead atoms. The number of nitrogens with zero attached hydrogens (tertiary/aromatic N) is 2. The third kappa shape index (κ3) is 3.98. The van der Waals surface area contributed by atoms with Crippen molar-refractivity contribution in [2.45, 2.75) is 25.9 Å². The molecule has 1 amide bonds. The Hall–Kier alpha value is -2.96. The monoisotopic (exact) mass is 386 g/mol. The molecule has 28 heavy (non-hydrogen) atoms. The molecule has 0 radical (unpaired) electrons. The van der Waals surface area contributed by atoms with E-state index >= 15 is 0 Å². The molecule has 1 saturated heterocycles. The van der Waals surface area contributed by atoms with E-state index in [0.29, 0.717) is 48.7 Å². The predicted octanol–water partition coefficient (Wildman–Crippen LogP) is 2.39. The fourth-order valence-electron chi connectivity index (χ4n) is 3.40. The van der Waals surface area contributed by atoms with Gasteiger partial charge in [0.05, 0.1) is 19.8 Å². The lowest BCUT2D eigenvalue weighted by Gasteiger charge is -2.32. The van der Waals surface area contributed by atoms with Gasteiger partial charge in [-0.25, -0.2) is 0 Å². The third-order valence-corrected chi connectivity index (χ3v) is 5.14. The van der Waals surface area contributed by atoms with Gasteiger partial charge in [-0.15, -0.1) is 0 Å². The van der Waals surface area contributed by atoms with Gasteiger partial charge < -0.3 is 23.7 Å². The first kappa shape index (κ1) is 19.8. The summed E-state index contributed by atoms with van der Waals surface area (Å²) in [4.78, 5) is 26.7. The second-order valence-corrected chi connectivity index (χ2v) is 6.88. The Morgan fingerprint density at radius 3 is 2.43 bits per heavy atom. The highest BCUT2D eigenvalue weighted by Gasteiger charge is 2.27. The lowest BCUT2D eigenvalue weighted by molar-refractivity contribution is 0.0591. The summed E-state index contributed by atoms with van der Waals surface area (Å²) in [5, 5.41) is 0. The Bertz CT molecular complexity index is 913.